The summed E-state index contributed by atoms with van der Waals surface area (Å²) in [7, 11) is 0. The summed E-state index contributed by atoms with van der Waals surface area (Å²) in [5.74, 6) is -1.54. The highest BCUT2D eigenvalue weighted by molar-refractivity contribution is 5.95. The van der Waals surface area contributed by atoms with Gasteiger partial charge >= 0.3 is 11.7 Å². The number of carbonyl (C=O) groups excluding carboxylic acids is 2. The fourth-order valence-corrected chi connectivity index (χ4v) is 1.79. The van der Waals surface area contributed by atoms with Crippen molar-refractivity contribution in [3.63, 3.8) is 0 Å². The molecule has 120 valence electrons. The topological polar surface area (TPSA) is 121 Å². The first-order valence-corrected chi connectivity index (χ1v) is 6.73. The summed E-state index contributed by atoms with van der Waals surface area (Å²) in [5, 5.41) is 2.58. The molecule has 0 fully saturated rings. The number of carbonyl (C=O) groups is 2. The van der Waals surface area contributed by atoms with Gasteiger partial charge in [0, 0.05) is 11.9 Å². The van der Waals surface area contributed by atoms with Gasteiger partial charge in [-0.3, -0.25) is 14.6 Å². The number of anilines is 1. The summed E-state index contributed by atoms with van der Waals surface area (Å²) >= 11 is 0. The van der Waals surface area contributed by atoms with Gasteiger partial charge in [0.05, 0.1) is 0 Å². The molecule has 0 unspecified atom stereocenters. The standard InChI is InChI=1S/C15H15N3O5/c1-8-3-4-10(5-9(8)2)17-12(19)7-23-14(21)11-6-16-15(22)18-13(11)20/h3-6H,7H2,1-2H3,(H,17,19)(H2,16,18,20,22). The van der Waals surface area contributed by atoms with Gasteiger partial charge in [-0.15, -0.1) is 0 Å². The summed E-state index contributed by atoms with van der Waals surface area (Å²) in [4.78, 5) is 49.7. The third kappa shape index (κ3) is 4.16. The van der Waals surface area contributed by atoms with Gasteiger partial charge in [-0.1, -0.05) is 6.07 Å². The van der Waals surface area contributed by atoms with Crippen LogP contribution in [0.5, 0.6) is 0 Å². The average Bonchev–Trinajstić information content (AvgIpc) is 2.48. The van der Waals surface area contributed by atoms with Gasteiger partial charge in [-0.05, 0) is 37.1 Å². The van der Waals surface area contributed by atoms with Gasteiger partial charge < -0.3 is 15.0 Å². The van der Waals surface area contributed by atoms with Gasteiger partial charge in [0.2, 0.25) is 0 Å². The first kappa shape index (κ1) is 16.2. The Labute approximate surface area is 130 Å². The lowest BCUT2D eigenvalue weighted by atomic mass is 10.1. The zero-order valence-electron chi connectivity index (χ0n) is 12.6. The first-order chi connectivity index (χ1) is 10.9. The monoisotopic (exact) mass is 317 g/mol. The van der Waals surface area contributed by atoms with Crippen LogP contribution in [-0.4, -0.2) is 28.5 Å². The Bertz CT molecular complexity index is 866. The molecular weight excluding hydrogens is 302 g/mol. The maximum Gasteiger partial charge on any atom is 0.345 e. The highest BCUT2D eigenvalue weighted by atomic mass is 16.5. The van der Waals surface area contributed by atoms with E-state index in [1.807, 2.05) is 24.9 Å². The molecule has 8 heteroatoms. The van der Waals surface area contributed by atoms with Crippen LogP contribution in [0.1, 0.15) is 21.5 Å². The maximum absolute atomic E-state index is 11.8. The van der Waals surface area contributed by atoms with Crippen LogP contribution in [0.3, 0.4) is 0 Å². The van der Waals surface area contributed by atoms with E-state index in [1.54, 1.807) is 12.1 Å². The van der Waals surface area contributed by atoms with E-state index in [9.17, 15) is 19.2 Å². The SMILES string of the molecule is Cc1ccc(NC(=O)COC(=O)c2c[nH]c(=O)[nH]c2=O)cc1C. The maximum atomic E-state index is 11.8. The molecule has 1 aromatic heterocycles. The number of aromatic nitrogens is 2. The number of hydrogen-bond acceptors (Lipinski definition) is 5. The summed E-state index contributed by atoms with van der Waals surface area (Å²) in [5.41, 5.74) is 0.679. The van der Waals surface area contributed by atoms with Crippen LogP contribution in [-0.2, 0) is 9.53 Å². The molecule has 0 spiro atoms. The van der Waals surface area contributed by atoms with Crippen molar-refractivity contribution in [2.24, 2.45) is 0 Å². The number of amides is 1. The minimum atomic E-state index is -1.00. The number of rotatable bonds is 4. The molecule has 0 aliphatic carbocycles. The van der Waals surface area contributed by atoms with E-state index in [2.05, 4.69) is 10.3 Å². The summed E-state index contributed by atoms with van der Waals surface area (Å²) in [6.45, 7) is 3.31. The number of hydrogen-bond donors (Lipinski definition) is 3. The smallest absolute Gasteiger partial charge is 0.345 e. The molecule has 0 aliphatic heterocycles. The predicted octanol–water partition coefficient (Wildman–Crippen LogP) is 0.476. The molecule has 1 heterocycles. The predicted molar refractivity (Wildman–Crippen MR) is 82.5 cm³/mol. The zero-order chi connectivity index (χ0) is 17.0. The second-order valence-corrected chi connectivity index (χ2v) is 4.91. The third-order valence-electron chi connectivity index (χ3n) is 3.16. The number of esters is 1. The van der Waals surface area contributed by atoms with Crippen molar-refractivity contribution in [1.82, 2.24) is 9.97 Å². The molecule has 8 nitrogen and oxygen atoms in total. The fourth-order valence-electron chi connectivity index (χ4n) is 1.79. The number of benzene rings is 1. The zero-order valence-corrected chi connectivity index (χ0v) is 12.6. The molecule has 0 atom stereocenters. The number of aromatic amines is 2. The Morgan fingerprint density at radius 1 is 1.17 bits per heavy atom. The number of nitrogens with one attached hydrogen (secondary N) is 3. The van der Waals surface area contributed by atoms with Gasteiger partial charge in [0.1, 0.15) is 5.56 Å². The second kappa shape index (κ2) is 6.73. The number of ether oxygens (including phenoxy) is 1. The van der Waals surface area contributed by atoms with E-state index in [1.165, 1.54) is 0 Å². The lowest BCUT2D eigenvalue weighted by Gasteiger charge is -2.08. The van der Waals surface area contributed by atoms with E-state index < -0.39 is 29.7 Å². The van der Waals surface area contributed by atoms with Crippen LogP contribution >= 0.6 is 0 Å². The van der Waals surface area contributed by atoms with Crippen molar-refractivity contribution >= 4 is 17.6 Å². The van der Waals surface area contributed by atoms with Gasteiger partial charge in [0.15, 0.2) is 6.61 Å². The van der Waals surface area contributed by atoms with E-state index >= 15 is 0 Å². The van der Waals surface area contributed by atoms with Crippen LogP contribution in [0.4, 0.5) is 5.69 Å². The second-order valence-electron chi connectivity index (χ2n) is 4.91. The average molecular weight is 317 g/mol. The minimum Gasteiger partial charge on any atom is -0.452 e. The lowest BCUT2D eigenvalue weighted by Crippen LogP contribution is -2.29. The van der Waals surface area contributed by atoms with E-state index in [0.29, 0.717) is 5.69 Å². The van der Waals surface area contributed by atoms with Gasteiger partial charge in [0.25, 0.3) is 11.5 Å². The van der Waals surface area contributed by atoms with Crippen LogP contribution in [0, 0.1) is 13.8 Å². The Kier molecular flexibility index (Phi) is 4.75. The Balaban J connectivity index is 1.95. The molecule has 3 N–H and O–H groups in total. The van der Waals surface area contributed by atoms with E-state index in [-0.39, 0.29) is 5.56 Å². The van der Waals surface area contributed by atoms with Crippen molar-refractivity contribution in [2.75, 3.05) is 11.9 Å². The molecule has 2 rings (SSSR count). The molecule has 0 bridgehead atoms. The van der Waals surface area contributed by atoms with Crippen molar-refractivity contribution in [3.8, 4) is 0 Å². The van der Waals surface area contributed by atoms with Crippen molar-refractivity contribution in [1.29, 1.82) is 0 Å². The first-order valence-electron chi connectivity index (χ1n) is 6.73. The Hall–Kier alpha value is -3.16. The van der Waals surface area contributed by atoms with Crippen LogP contribution in [0.2, 0.25) is 0 Å². The van der Waals surface area contributed by atoms with Crippen molar-refractivity contribution in [2.45, 2.75) is 13.8 Å². The van der Waals surface area contributed by atoms with E-state index in [4.69, 9.17) is 4.74 Å². The third-order valence-corrected chi connectivity index (χ3v) is 3.16. The summed E-state index contributed by atoms with van der Waals surface area (Å²) < 4.78 is 4.74. The highest BCUT2D eigenvalue weighted by Crippen LogP contribution is 2.13. The molecule has 0 radical (unpaired) electrons. The van der Waals surface area contributed by atoms with Gasteiger partial charge in [-0.25, -0.2) is 9.59 Å². The molecular formula is C15H15N3O5. The molecule has 2 aromatic rings. The minimum absolute atomic E-state index is 0.386. The van der Waals surface area contributed by atoms with Crippen molar-refractivity contribution < 1.29 is 14.3 Å². The Morgan fingerprint density at radius 2 is 1.91 bits per heavy atom. The number of H-pyrrole nitrogens is 2. The normalized spacial score (nSPS) is 10.2. The highest BCUT2D eigenvalue weighted by Gasteiger charge is 2.14. The summed E-state index contributed by atoms with van der Waals surface area (Å²) in [6, 6.07) is 5.38. The fraction of sp³-hybridized carbons (Fsp3) is 0.200. The molecule has 23 heavy (non-hydrogen) atoms. The largest absolute Gasteiger partial charge is 0.452 e. The summed E-state index contributed by atoms with van der Waals surface area (Å²) in [6.07, 6.45) is 0.935. The molecule has 0 saturated heterocycles. The van der Waals surface area contributed by atoms with Crippen LogP contribution in [0.25, 0.3) is 0 Å². The van der Waals surface area contributed by atoms with Crippen LogP contribution < -0.4 is 16.6 Å². The van der Waals surface area contributed by atoms with E-state index in [0.717, 1.165) is 17.3 Å². The quantitative estimate of drug-likeness (QED) is 0.708. The molecule has 1 aromatic carbocycles. The molecule has 0 saturated carbocycles. The molecule has 0 aliphatic rings. The van der Waals surface area contributed by atoms with Crippen LogP contribution in [0.15, 0.2) is 34.0 Å². The van der Waals surface area contributed by atoms with Crippen molar-refractivity contribution in [3.05, 3.63) is 61.9 Å². The lowest BCUT2D eigenvalue weighted by molar-refractivity contribution is -0.119. The van der Waals surface area contributed by atoms with Gasteiger partial charge in [-0.2, -0.15) is 0 Å². The molecule has 1 amide bonds. The Morgan fingerprint density at radius 3 is 2.57 bits per heavy atom. The number of aryl methyl sites for hydroxylation is 2.